The van der Waals surface area contributed by atoms with E-state index >= 15 is 0 Å². The minimum atomic E-state index is -1.71. The molecule has 1 aliphatic carbocycles. The maximum atomic E-state index is 6.62. The van der Waals surface area contributed by atoms with Crippen molar-refractivity contribution in [3.05, 3.63) is 24.0 Å². The monoisotopic (exact) mass is 266 g/mol. The molecule has 0 spiro atoms. The molecule has 1 heterocycles. The SMILES string of the molecule is CC(C)(C)[Si](C)(C)OC1(N2C=CC(N)=CC2)CC1. The van der Waals surface area contributed by atoms with Gasteiger partial charge in [-0.2, -0.15) is 0 Å². The predicted molar refractivity (Wildman–Crippen MR) is 78.4 cm³/mol. The van der Waals surface area contributed by atoms with Gasteiger partial charge in [-0.1, -0.05) is 20.8 Å². The molecule has 0 aromatic carbocycles. The molecule has 3 nitrogen and oxygen atoms in total. The van der Waals surface area contributed by atoms with E-state index in [-0.39, 0.29) is 10.8 Å². The molecule has 0 aromatic rings. The Labute approximate surface area is 112 Å². The van der Waals surface area contributed by atoms with E-state index in [2.05, 4.69) is 51.0 Å². The predicted octanol–water partition coefficient (Wildman–Crippen LogP) is 3.17. The third kappa shape index (κ3) is 2.49. The molecule has 2 rings (SSSR count). The van der Waals surface area contributed by atoms with E-state index in [9.17, 15) is 0 Å². The quantitative estimate of drug-likeness (QED) is 0.797. The summed E-state index contributed by atoms with van der Waals surface area (Å²) in [7, 11) is -1.71. The topological polar surface area (TPSA) is 38.5 Å². The van der Waals surface area contributed by atoms with Gasteiger partial charge in [0.05, 0.1) is 0 Å². The molecule has 0 amide bonds. The van der Waals surface area contributed by atoms with Gasteiger partial charge in [-0.15, -0.1) is 0 Å². The van der Waals surface area contributed by atoms with Crippen LogP contribution in [0, 0.1) is 0 Å². The summed E-state index contributed by atoms with van der Waals surface area (Å²) in [5.74, 6) is 0. The molecule has 102 valence electrons. The standard InChI is InChI=1S/C14H26N2OSi/c1-13(2,3)18(4,5)17-14(8-9-14)16-10-6-12(15)7-11-16/h6-7,10H,8-9,11,15H2,1-5H3. The van der Waals surface area contributed by atoms with E-state index < -0.39 is 8.32 Å². The highest BCUT2D eigenvalue weighted by Gasteiger charge is 2.54. The molecule has 0 aromatic heterocycles. The second-order valence-electron chi connectivity index (χ2n) is 6.98. The molecular weight excluding hydrogens is 240 g/mol. The minimum absolute atomic E-state index is 0.0449. The fraction of sp³-hybridized carbons (Fsp3) is 0.714. The van der Waals surface area contributed by atoms with Crippen LogP contribution in [0.5, 0.6) is 0 Å². The van der Waals surface area contributed by atoms with E-state index in [1.54, 1.807) is 0 Å². The first-order valence-electron chi connectivity index (χ1n) is 6.77. The van der Waals surface area contributed by atoms with Crippen LogP contribution in [-0.4, -0.2) is 25.5 Å². The fourth-order valence-electron chi connectivity index (χ4n) is 1.99. The molecule has 1 fully saturated rings. The number of allylic oxidation sites excluding steroid dienone is 1. The zero-order valence-electron chi connectivity index (χ0n) is 12.3. The van der Waals surface area contributed by atoms with Crippen molar-refractivity contribution in [1.29, 1.82) is 0 Å². The molecule has 0 saturated heterocycles. The maximum absolute atomic E-state index is 6.62. The lowest BCUT2D eigenvalue weighted by atomic mass is 10.2. The first-order valence-corrected chi connectivity index (χ1v) is 9.68. The van der Waals surface area contributed by atoms with Gasteiger partial charge in [0, 0.05) is 18.4 Å². The van der Waals surface area contributed by atoms with Crippen LogP contribution in [0.4, 0.5) is 0 Å². The third-order valence-electron chi connectivity index (χ3n) is 4.42. The molecule has 1 saturated carbocycles. The van der Waals surface area contributed by atoms with Gasteiger partial charge in [0.1, 0.15) is 5.72 Å². The Morgan fingerprint density at radius 1 is 1.33 bits per heavy atom. The molecule has 0 unspecified atom stereocenters. The van der Waals surface area contributed by atoms with Crippen molar-refractivity contribution < 1.29 is 4.43 Å². The molecule has 0 radical (unpaired) electrons. The average molecular weight is 266 g/mol. The highest BCUT2D eigenvalue weighted by atomic mass is 28.4. The second-order valence-corrected chi connectivity index (χ2v) is 11.7. The Morgan fingerprint density at radius 3 is 2.33 bits per heavy atom. The van der Waals surface area contributed by atoms with Crippen LogP contribution in [-0.2, 0) is 4.43 Å². The zero-order chi connectivity index (χ0) is 13.6. The maximum Gasteiger partial charge on any atom is 0.195 e. The minimum Gasteiger partial charge on any atom is -0.399 e. The summed E-state index contributed by atoms with van der Waals surface area (Å²) in [6, 6.07) is 0. The van der Waals surface area contributed by atoms with E-state index in [1.165, 1.54) is 0 Å². The number of nitrogens with zero attached hydrogens (tertiary/aromatic N) is 1. The fourth-order valence-corrected chi connectivity index (χ4v) is 3.57. The van der Waals surface area contributed by atoms with Gasteiger partial charge in [-0.3, -0.25) is 0 Å². The van der Waals surface area contributed by atoms with Crippen LogP contribution in [0.2, 0.25) is 18.1 Å². The molecule has 0 atom stereocenters. The Morgan fingerprint density at radius 2 is 1.94 bits per heavy atom. The first kappa shape index (κ1) is 13.7. The summed E-state index contributed by atoms with van der Waals surface area (Å²) in [5.41, 5.74) is 6.58. The first-order chi connectivity index (χ1) is 8.16. The Hall–Kier alpha value is -0.743. The number of hydrogen-bond donors (Lipinski definition) is 1. The Balaban J connectivity index is 2.08. The summed E-state index contributed by atoms with van der Waals surface area (Å²) >= 11 is 0. The average Bonchev–Trinajstić information content (AvgIpc) is 2.97. The molecular formula is C14H26N2OSi. The van der Waals surface area contributed by atoms with Gasteiger partial charge >= 0.3 is 0 Å². The highest BCUT2D eigenvalue weighted by Crippen LogP contribution is 2.50. The van der Waals surface area contributed by atoms with Crippen molar-refractivity contribution in [2.45, 2.75) is 57.5 Å². The van der Waals surface area contributed by atoms with Crippen molar-refractivity contribution in [2.24, 2.45) is 5.73 Å². The molecule has 18 heavy (non-hydrogen) atoms. The lowest BCUT2D eigenvalue weighted by Crippen LogP contribution is -2.50. The second kappa shape index (κ2) is 4.13. The lowest BCUT2D eigenvalue weighted by molar-refractivity contribution is 0.0290. The van der Waals surface area contributed by atoms with Gasteiger partial charge in [0.15, 0.2) is 8.32 Å². The Kier molecular flexibility index (Phi) is 3.14. The smallest absolute Gasteiger partial charge is 0.195 e. The van der Waals surface area contributed by atoms with Crippen molar-refractivity contribution in [1.82, 2.24) is 4.90 Å². The van der Waals surface area contributed by atoms with Crippen LogP contribution in [0.3, 0.4) is 0 Å². The van der Waals surface area contributed by atoms with Crippen molar-refractivity contribution >= 4 is 8.32 Å². The van der Waals surface area contributed by atoms with Gasteiger partial charge < -0.3 is 15.1 Å². The largest absolute Gasteiger partial charge is 0.399 e. The van der Waals surface area contributed by atoms with Crippen molar-refractivity contribution in [3.8, 4) is 0 Å². The molecule has 2 aliphatic rings. The van der Waals surface area contributed by atoms with Gasteiger partial charge in [-0.25, -0.2) is 0 Å². The van der Waals surface area contributed by atoms with Gasteiger partial charge in [-0.05, 0) is 43.1 Å². The molecule has 2 N–H and O–H groups in total. The summed E-state index contributed by atoms with van der Waals surface area (Å²) < 4.78 is 6.62. The van der Waals surface area contributed by atoms with Crippen molar-refractivity contribution in [3.63, 3.8) is 0 Å². The summed E-state index contributed by atoms with van der Waals surface area (Å²) in [5, 5.41) is 0.261. The van der Waals surface area contributed by atoms with Crippen molar-refractivity contribution in [2.75, 3.05) is 6.54 Å². The van der Waals surface area contributed by atoms with E-state index in [0.717, 1.165) is 25.1 Å². The molecule has 0 bridgehead atoms. The number of hydrogen-bond acceptors (Lipinski definition) is 3. The van der Waals surface area contributed by atoms with Gasteiger partial charge in [0.25, 0.3) is 0 Å². The number of nitrogens with two attached hydrogens (primary N) is 1. The van der Waals surface area contributed by atoms with Crippen LogP contribution < -0.4 is 5.73 Å². The van der Waals surface area contributed by atoms with Crippen LogP contribution >= 0.6 is 0 Å². The summed E-state index contributed by atoms with van der Waals surface area (Å²) in [6.45, 7) is 12.4. The highest BCUT2D eigenvalue weighted by molar-refractivity contribution is 6.74. The summed E-state index contributed by atoms with van der Waals surface area (Å²) in [4.78, 5) is 2.31. The van der Waals surface area contributed by atoms with E-state index in [0.29, 0.717) is 0 Å². The van der Waals surface area contributed by atoms with E-state index in [4.69, 9.17) is 10.2 Å². The normalized spacial score (nSPS) is 22.9. The van der Waals surface area contributed by atoms with Crippen LogP contribution in [0.25, 0.3) is 0 Å². The third-order valence-corrected chi connectivity index (χ3v) is 8.93. The number of rotatable bonds is 3. The lowest BCUT2D eigenvalue weighted by Gasteiger charge is -2.43. The van der Waals surface area contributed by atoms with Crippen LogP contribution in [0.1, 0.15) is 33.6 Å². The molecule has 1 aliphatic heterocycles. The van der Waals surface area contributed by atoms with Gasteiger partial charge in [0.2, 0.25) is 0 Å². The Bertz CT molecular complexity index is 389. The summed E-state index contributed by atoms with van der Waals surface area (Å²) in [6.07, 6.45) is 8.40. The zero-order valence-corrected chi connectivity index (χ0v) is 13.3. The van der Waals surface area contributed by atoms with E-state index in [1.807, 2.05) is 6.08 Å². The van der Waals surface area contributed by atoms with Crippen LogP contribution in [0.15, 0.2) is 24.0 Å². The molecule has 4 heteroatoms.